The van der Waals surface area contributed by atoms with Crippen molar-refractivity contribution < 1.29 is 9.47 Å². The molecule has 2 heterocycles. The van der Waals surface area contributed by atoms with Crippen LogP contribution in [-0.2, 0) is 0 Å². The third-order valence-corrected chi connectivity index (χ3v) is 4.87. The zero-order valence-electron chi connectivity index (χ0n) is 11.2. The molecule has 3 atom stereocenters. The smallest absolute Gasteiger partial charge is 0.161 e. The van der Waals surface area contributed by atoms with Gasteiger partial charge in [-0.2, -0.15) is 0 Å². The second-order valence-electron chi connectivity index (χ2n) is 6.00. The maximum absolute atomic E-state index is 5.69. The molecule has 3 heteroatoms. The van der Waals surface area contributed by atoms with Crippen LogP contribution in [-0.4, -0.2) is 19.3 Å². The van der Waals surface area contributed by atoms with E-state index >= 15 is 0 Å². The van der Waals surface area contributed by atoms with E-state index in [1.54, 1.807) is 0 Å². The largest absolute Gasteiger partial charge is 0.486 e. The Kier molecular flexibility index (Phi) is 2.87. The van der Waals surface area contributed by atoms with E-state index in [9.17, 15) is 0 Å². The van der Waals surface area contributed by atoms with E-state index in [0.29, 0.717) is 19.3 Å². The van der Waals surface area contributed by atoms with Gasteiger partial charge in [-0.05, 0) is 49.3 Å². The number of piperidine rings is 1. The maximum atomic E-state index is 5.69. The second-order valence-corrected chi connectivity index (χ2v) is 6.00. The van der Waals surface area contributed by atoms with E-state index < -0.39 is 0 Å². The summed E-state index contributed by atoms with van der Waals surface area (Å²) in [6, 6.07) is 7.66. The molecule has 0 bridgehead atoms. The van der Waals surface area contributed by atoms with Crippen LogP contribution in [0.4, 0.5) is 0 Å². The SMILES string of the molecule is c1cc2c(cc1C1CCC3CCCC3N1)OCCO2. The predicted molar refractivity (Wildman–Crippen MR) is 73.7 cm³/mol. The summed E-state index contributed by atoms with van der Waals surface area (Å²) < 4.78 is 11.3. The first-order valence-electron chi connectivity index (χ1n) is 7.56. The van der Waals surface area contributed by atoms with Gasteiger partial charge in [0.1, 0.15) is 13.2 Å². The van der Waals surface area contributed by atoms with Gasteiger partial charge in [0.2, 0.25) is 0 Å². The third-order valence-electron chi connectivity index (χ3n) is 4.87. The van der Waals surface area contributed by atoms with E-state index in [-0.39, 0.29) is 0 Å². The Morgan fingerprint density at radius 1 is 0.947 bits per heavy atom. The summed E-state index contributed by atoms with van der Waals surface area (Å²) in [5.74, 6) is 2.73. The minimum Gasteiger partial charge on any atom is -0.486 e. The number of hydrogen-bond donors (Lipinski definition) is 1. The van der Waals surface area contributed by atoms with Gasteiger partial charge in [0.05, 0.1) is 0 Å². The quantitative estimate of drug-likeness (QED) is 0.841. The lowest BCUT2D eigenvalue weighted by molar-refractivity contribution is 0.171. The monoisotopic (exact) mass is 259 g/mol. The van der Waals surface area contributed by atoms with Crippen molar-refractivity contribution in [1.29, 1.82) is 0 Å². The molecule has 1 aromatic carbocycles. The van der Waals surface area contributed by atoms with E-state index in [4.69, 9.17) is 9.47 Å². The highest BCUT2D eigenvalue weighted by atomic mass is 16.6. The molecule has 3 unspecified atom stereocenters. The van der Waals surface area contributed by atoms with Crippen LogP contribution in [0, 0.1) is 5.92 Å². The van der Waals surface area contributed by atoms with E-state index in [0.717, 1.165) is 23.5 Å². The Morgan fingerprint density at radius 2 is 1.84 bits per heavy atom. The van der Waals surface area contributed by atoms with Gasteiger partial charge < -0.3 is 14.8 Å². The van der Waals surface area contributed by atoms with E-state index in [1.807, 2.05) is 0 Å². The Balaban J connectivity index is 1.55. The third kappa shape index (κ3) is 2.10. The number of nitrogens with one attached hydrogen (secondary N) is 1. The van der Waals surface area contributed by atoms with Crippen molar-refractivity contribution in [1.82, 2.24) is 5.32 Å². The topological polar surface area (TPSA) is 30.5 Å². The molecule has 102 valence electrons. The van der Waals surface area contributed by atoms with Crippen LogP contribution in [0.25, 0.3) is 0 Å². The fourth-order valence-corrected chi connectivity index (χ4v) is 3.86. The number of rotatable bonds is 1. The summed E-state index contributed by atoms with van der Waals surface area (Å²) in [6.45, 7) is 1.33. The second kappa shape index (κ2) is 4.71. The molecule has 1 aromatic rings. The van der Waals surface area contributed by atoms with Crippen LogP contribution >= 0.6 is 0 Å². The standard InChI is InChI=1S/C16H21NO2/c1-2-11-4-6-14(17-13(11)3-1)12-5-7-15-16(10-12)19-9-8-18-15/h5,7,10-11,13-14,17H,1-4,6,8-9H2. The van der Waals surface area contributed by atoms with Gasteiger partial charge in [0, 0.05) is 12.1 Å². The van der Waals surface area contributed by atoms with Gasteiger partial charge in [0.15, 0.2) is 11.5 Å². The normalized spacial score (nSPS) is 32.9. The van der Waals surface area contributed by atoms with Gasteiger partial charge in [0.25, 0.3) is 0 Å². The van der Waals surface area contributed by atoms with E-state index in [1.165, 1.54) is 37.7 Å². The first kappa shape index (κ1) is 11.6. The van der Waals surface area contributed by atoms with Crippen LogP contribution in [0.15, 0.2) is 18.2 Å². The fraction of sp³-hybridized carbons (Fsp3) is 0.625. The molecular weight excluding hydrogens is 238 g/mol. The van der Waals surface area contributed by atoms with Crippen molar-refractivity contribution in [3.63, 3.8) is 0 Å². The van der Waals surface area contributed by atoms with Gasteiger partial charge in [-0.25, -0.2) is 0 Å². The first-order chi connectivity index (χ1) is 9.40. The highest BCUT2D eigenvalue weighted by molar-refractivity contribution is 5.44. The van der Waals surface area contributed by atoms with Gasteiger partial charge in [-0.3, -0.25) is 0 Å². The summed E-state index contributed by atoms with van der Waals surface area (Å²) in [5.41, 5.74) is 1.36. The summed E-state index contributed by atoms with van der Waals surface area (Å²) in [5, 5.41) is 3.84. The van der Waals surface area contributed by atoms with Crippen molar-refractivity contribution in [3.05, 3.63) is 23.8 Å². The Bertz CT molecular complexity index is 474. The molecule has 2 aliphatic heterocycles. The van der Waals surface area contributed by atoms with Crippen LogP contribution in [0.1, 0.15) is 43.7 Å². The Labute approximate surface area is 114 Å². The molecule has 3 aliphatic rings. The molecule has 2 fully saturated rings. The lowest BCUT2D eigenvalue weighted by Gasteiger charge is -2.34. The van der Waals surface area contributed by atoms with Gasteiger partial charge in [-0.15, -0.1) is 0 Å². The summed E-state index contributed by atoms with van der Waals surface area (Å²) >= 11 is 0. The molecular formula is C16H21NO2. The average molecular weight is 259 g/mol. The summed E-state index contributed by atoms with van der Waals surface area (Å²) in [7, 11) is 0. The molecule has 3 nitrogen and oxygen atoms in total. The average Bonchev–Trinajstić information content (AvgIpc) is 2.94. The number of ether oxygens (including phenoxy) is 2. The van der Waals surface area contributed by atoms with Crippen molar-refractivity contribution in [3.8, 4) is 11.5 Å². The predicted octanol–water partition coefficient (Wildman–Crippen LogP) is 3.05. The van der Waals surface area contributed by atoms with Crippen molar-refractivity contribution in [2.45, 2.75) is 44.2 Å². The summed E-state index contributed by atoms with van der Waals surface area (Å²) in [6.07, 6.45) is 6.80. The maximum Gasteiger partial charge on any atom is 0.161 e. The fourth-order valence-electron chi connectivity index (χ4n) is 3.86. The first-order valence-corrected chi connectivity index (χ1v) is 7.56. The van der Waals surface area contributed by atoms with Gasteiger partial charge in [-0.1, -0.05) is 12.5 Å². The molecule has 0 spiro atoms. The lowest BCUT2D eigenvalue weighted by Crippen LogP contribution is -2.40. The molecule has 4 rings (SSSR count). The van der Waals surface area contributed by atoms with Crippen LogP contribution in [0.3, 0.4) is 0 Å². The van der Waals surface area contributed by atoms with Gasteiger partial charge >= 0.3 is 0 Å². The molecule has 1 N–H and O–H groups in total. The molecule has 1 saturated heterocycles. The van der Waals surface area contributed by atoms with Crippen LogP contribution in [0.2, 0.25) is 0 Å². The van der Waals surface area contributed by atoms with Crippen LogP contribution in [0.5, 0.6) is 11.5 Å². The highest BCUT2D eigenvalue weighted by Crippen LogP contribution is 2.40. The summed E-state index contributed by atoms with van der Waals surface area (Å²) in [4.78, 5) is 0. The number of benzene rings is 1. The zero-order chi connectivity index (χ0) is 12.7. The molecule has 0 aromatic heterocycles. The molecule has 1 saturated carbocycles. The van der Waals surface area contributed by atoms with Crippen molar-refractivity contribution in [2.24, 2.45) is 5.92 Å². The minimum absolute atomic E-state index is 0.496. The highest BCUT2D eigenvalue weighted by Gasteiger charge is 2.33. The van der Waals surface area contributed by atoms with Crippen LogP contribution < -0.4 is 14.8 Å². The van der Waals surface area contributed by atoms with E-state index in [2.05, 4.69) is 23.5 Å². The molecule has 0 radical (unpaired) electrons. The molecule has 1 aliphatic carbocycles. The van der Waals surface area contributed by atoms with Crippen molar-refractivity contribution in [2.75, 3.05) is 13.2 Å². The number of fused-ring (bicyclic) bond motifs is 2. The Hall–Kier alpha value is -1.22. The Morgan fingerprint density at radius 3 is 2.79 bits per heavy atom. The molecule has 0 amide bonds. The molecule has 19 heavy (non-hydrogen) atoms. The zero-order valence-corrected chi connectivity index (χ0v) is 11.2. The number of hydrogen-bond acceptors (Lipinski definition) is 3. The lowest BCUT2D eigenvalue weighted by atomic mass is 9.87. The minimum atomic E-state index is 0.496. The van der Waals surface area contributed by atoms with Crippen molar-refractivity contribution >= 4 is 0 Å².